The third kappa shape index (κ3) is 2.22. The van der Waals surface area contributed by atoms with Crippen LogP contribution in [0.5, 0.6) is 0 Å². The second-order valence-corrected chi connectivity index (χ2v) is 3.54. The van der Waals surface area contributed by atoms with Crippen LogP contribution in [0.15, 0.2) is 36.4 Å². The Morgan fingerprint density at radius 1 is 1.29 bits per heavy atom. The molecule has 0 spiro atoms. The number of carbonyl (C=O) groups excluding carboxylic acids is 1. The Morgan fingerprint density at radius 3 is 2.71 bits per heavy atom. The van der Waals surface area contributed by atoms with Gasteiger partial charge in [0.25, 0.3) is 0 Å². The zero-order chi connectivity index (χ0) is 9.80. The number of hydrogen-bond acceptors (Lipinski definition) is 1. The SMILES string of the molecule is O=C1CC(C=Cc2ccccc2)CN1. The van der Waals surface area contributed by atoms with E-state index in [1.807, 2.05) is 18.2 Å². The smallest absolute Gasteiger partial charge is 0.220 e. The van der Waals surface area contributed by atoms with Gasteiger partial charge in [-0.25, -0.2) is 0 Å². The van der Waals surface area contributed by atoms with E-state index in [9.17, 15) is 4.79 Å². The van der Waals surface area contributed by atoms with Crippen LogP contribution in [0.25, 0.3) is 6.08 Å². The Hall–Kier alpha value is -1.57. The quantitative estimate of drug-likeness (QED) is 0.752. The van der Waals surface area contributed by atoms with Gasteiger partial charge in [0.2, 0.25) is 5.91 Å². The first-order chi connectivity index (χ1) is 6.84. The van der Waals surface area contributed by atoms with E-state index in [0.29, 0.717) is 12.3 Å². The summed E-state index contributed by atoms with van der Waals surface area (Å²) in [6, 6.07) is 10.1. The molecule has 0 bridgehead atoms. The predicted molar refractivity (Wildman–Crippen MR) is 56.6 cm³/mol. The van der Waals surface area contributed by atoms with Crippen LogP contribution in [0.1, 0.15) is 12.0 Å². The largest absolute Gasteiger partial charge is 0.355 e. The summed E-state index contributed by atoms with van der Waals surface area (Å²) in [4.78, 5) is 10.9. The van der Waals surface area contributed by atoms with E-state index < -0.39 is 0 Å². The Bertz CT molecular complexity index is 343. The van der Waals surface area contributed by atoms with Gasteiger partial charge in [-0.05, 0) is 5.56 Å². The van der Waals surface area contributed by atoms with Crippen molar-refractivity contribution < 1.29 is 4.79 Å². The van der Waals surface area contributed by atoms with E-state index in [1.54, 1.807) is 0 Å². The lowest BCUT2D eigenvalue weighted by molar-refractivity contribution is -0.119. The molecule has 1 N–H and O–H groups in total. The second-order valence-electron chi connectivity index (χ2n) is 3.54. The van der Waals surface area contributed by atoms with Crippen molar-refractivity contribution in [3.05, 3.63) is 42.0 Å². The first-order valence-electron chi connectivity index (χ1n) is 4.84. The molecule has 0 aliphatic carbocycles. The van der Waals surface area contributed by atoms with Crippen LogP contribution in [0.2, 0.25) is 0 Å². The van der Waals surface area contributed by atoms with E-state index in [-0.39, 0.29) is 5.91 Å². The highest BCUT2D eigenvalue weighted by atomic mass is 16.1. The molecule has 1 aromatic carbocycles. The summed E-state index contributed by atoms with van der Waals surface area (Å²) >= 11 is 0. The minimum Gasteiger partial charge on any atom is -0.355 e. The molecule has 0 aromatic heterocycles. The second kappa shape index (κ2) is 4.09. The number of nitrogens with one attached hydrogen (secondary N) is 1. The van der Waals surface area contributed by atoms with Crippen molar-refractivity contribution in [1.29, 1.82) is 0 Å². The van der Waals surface area contributed by atoms with Crippen molar-refractivity contribution in [1.82, 2.24) is 5.32 Å². The number of rotatable bonds is 2. The zero-order valence-corrected chi connectivity index (χ0v) is 7.94. The minimum atomic E-state index is 0.160. The summed E-state index contributed by atoms with van der Waals surface area (Å²) in [5.41, 5.74) is 1.19. The number of amides is 1. The highest BCUT2D eigenvalue weighted by molar-refractivity contribution is 5.78. The topological polar surface area (TPSA) is 29.1 Å². The molecule has 1 aromatic rings. The standard InChI is InChI=1S/C12H13NO/c14-12-8-11(9-13-12)7-6-10-4-2-1-3-5-10/h1-7,11H,8-9H2,(H,13,14). The normalized spacial score (nSPS) is 21.4. The maximum absolute atomic E-state index is 10.9. The van der Waals surface area contributed by atoms with Crippen molar-refractivity contribution in [2.45, 2.75) is 6.42 Å². The molecule has 1 amide bonds. The molecule has 1 atom stereocenters. The summed E-state index contributed by atoms with van der Waals surface area (Å²) in [6.07, 6.45) is 4.81. The van der Waals surface area contributed by atoms with Gasteiger partial charge in [0.05, 0.1) is 0 Å². The maximum atomic E-state index is 10.9. The summed E-state index contributed by atoms with van der Waals surface area (Å²) in [7, 11) is 0. The predicted octanol–water partition coefficient (Wildman–Crippen LogP) is 1.84. The average Bonchev–Trinajstić information content (AvgIpc) is 2.63. The molecule has 0 radical (unpaired) electrons. The van der Waals surface area contributed by atoms with E-state index in [0.717, 1.165) is 6.54 Å². The monoisotopic (exact) mass is 187 g/mol. The highest BCUT2D eigenvalue weighted by Crippen LogP contribution is 2.12. The molecule has 1 unspecified atom stereocenters. The fraction of sp³-hybridized carbons (Fsp3) is 0.250. The van der Waals surface area contributed by atoms with Crippen LogP contribution in [-0.4, -0.2) is 12.5 Å². The first-order valence-corrected chi connectivity index (χ1v) is 4.84. The van der Waals surface area contributed by atoms with E-state index in [1.165, 1.54) is 5.56 Å². The van der Waals surface area contributed by atoms with Gasteiger partial charge in [-0.3, -0.25) is 4.79 Å². The van der Waals surface area contributed by atoms with Crippen LogP contribution in [0.4, 0.5) is 0 Å². The van der Waals surface area contributed by atoms with Crippen LogP contribution < -0.4 is 5.32 Å². The third-order valence-corrected chi connectivity index (χ3v) is 2.37. The molecule has 72 valence electrons. The summed E-state index contributed by atoms with van der Waals surface area (Å²) in [6.45, 7) is 0.780. The molecule has 2 nitrogen and oxygen atoms in total. The van der Waals surface area contributed by atoms with Gasteiger partial charge in [0, 0.05) is 18.9 Å². The van der Waals surface area contributed by atoms with E-state index in [2.05, 4.69) is 29.6 Å². The van der Waals surface area contributed by atoms with Crippen molar-refractivity contribution >= 4 is 12.0 Å². The van der Waals surface area contributed by atoms with Crippen LogP contribution in [0, 0.1) is 5.92 Å². The minimum absolute atomic E-state index is 0.160. The number of benzene rings is 1. The Morgan fingerprint density at radius 2 is 2.07 bits per heavy atom. The molecule has 1 aliphatic rings. The van der Waals surface area contributed by atoms with E-state index >= 15 is 0 Å². The lowest BCUT2D eigenvalue weighted by atomic mass is 10.1. The average molecular weight is 187 g/mol. The molecule has 2 rings (SSSR count). The van der Waals surface area contributed by atoms with Crippen LogP contribution in [0.3, 0.4) is 0 Å². The Kier molecular flexibility index (Phi) is 2.63. The highest BCUT2D eigenvalue weighted by Gasteiger charge is 2.18. The zero-order valence-electron chi connectivity index (χ0n) is 7.94. The lowest BCUT2D eigenvalue weighted by Gasteiger charge is -1.97. The van der Waals surface area contributed by atoms with Crippen molar-refractivity contribution in [3.63, 3.8) is 0 Å². The molecule has 2 heteroatoms. The van der Waals surface area contributed by atoms with Gasteiger partial charge in [0.1, 0.15) is 0 Å². The van der Waals surface area contributed by atoms with Crippen molar-refractivity contribution in [3.8, 4) is 0 Å². The maximum Gasteiger partial charge on any atom is 0.220 e. The molecular formula is C12H13NO. The lowest BCUT2D eigenvalue weighted by Crippen LogP contribution is -2.13. The molecule has 1 heterocycles. The van der Waals surface area contributed by atoms with Gasteiger partial charge in [-0.1, -0.05) is 42.5 Å². The number of carbonyl (C=O) groups is 1. The Balaban J connectivity index is 1.97. The van der Waals surface area contributed by atoms with Crippen LogP contribution in [-0.2, 0) is 4.79 Å². The third-order valence-electron chi connectivity index (χ3n) is 2.37. The van der Waals surface area contributed by atoms with Gasteiger partial charge in [0.15, 0.2) is 0 Å². The van der Waals surface area contributed by atoms with E-state index in [4.69, 9.17) is 0 Å². The fourth-order valence-electron chi connectivity index (χ4n) is 1.57. The van der Waals surface area contributed by atoms with Gasteiger partial charge in [-0.15, -0.1) is 0 Å². The first kappa shape index (κ1) is 9.00. The molecule has 1 fully saturated rings. The summed E-state index contributed by atoms with van der Waals surface area (Å²) < 4.78 is 0. The van der Waals surface area contributed by atoms with Crippen molar-refractivity contribution in [2.75, 3.05) is 6.54 Å². The molecular weight excluding hydrogens is 174 g/mol. The van der Waals surface area contributed by atoms with Gasteiger partial charge < -0.3 is 5.32 Å². The summed E-state index contributed by atoms with van der Waals surface area (Å²) in [5.74, 6) is 0.524. The molecule has 14 heavy (non-hydrogen) atoms. The number of hydrogen-bond donors (Lipinski definition) is 1. The summed E-state index contributed by atoms with van der Waals surface area (Å²) in [5, 5.41) is 2.82. The fourth-order valence-corrected chi connectivity index (χ4v) is 1.57. The van der Waals surface area contributed by atoms with Crippen LogP contribution >= 0.6 is 0 Å². The van der Waals surface area contributed by atoms with Gasteiger partial charge >= 0.3 is 0 Å². The molecule has 1 saturated heterocycles. The van der Waals surface area contributed by atoms with Crippen molar-refractivity contribution in [2.24, 2.45) is 5.92 Å². The molecule has 0 saturated carbocycles. The molecule has 1 aliphatic heterocycles. The van der Waals surface area contributed by atoms with Gasteiger partial charge in [-0.2, -0.15) is 0 Å². The Labute approximate surface area is 83.6 Å².